The highest BCUT2D eigenvalue weighted by atomic mass is 35.5. The molecule has 0 aliphatic carbocycles. The first-order valence-electron chi connectivity index (χ1n) is 4.85. The van der Waals surface area contributed by atoms with Gasteiger partial charge in [0.1, 0.15) is 12.1 Å². The SMILES string of the molecule is CCOc1cncc(-c2ncncc2Cl)c1. The lowest BCUT2D eigenvalue weighted by molar-refractivity contribution is 0.339. The Morgan fingerprint density at radius 2 is 2.12 bits per heavy atom. The van der Waals surface area contributed by atoms with E-state index in [0.717, 1.165) is 5.56 Å². The minimum atomic E-state index is 0.498. The van der Waals surface area contributed by atoms with E-state index in [1.165, 1.54) is 6.33 Å². The molecule has 0 aliphatic rings. The Balaban J connectivity index is 2.40. The minimum Gasteiger partial charge on any atom is -0.492 e. The molecule has 0 bridgehead atoms. The maximum Gasteiger partial charge on any atom is 0.138 e. The van der Waals surface area contributed by atoms with Crippen molar-refractivity contribution >= 4 is 11.6 Å². The molecule has 0 spiro atoms. The third-order valence-corrected chi connectivity index (χ3v) is 2.24. The zero-order chi connectivity index (χ0) is 11.4. The molecule has 2 aromatic heterocycles. The summed E-state index contributed by atoms with van der Waals surface area (Å²) in [4.78, 5) is 12.0. The van der Waals surface area contributed by atoms with Crippen LogP contribution < -0.4 is 4.74 Å². The average molecular weight is 236 g/mol. The topological polar surface area (TPSA) is 47.9 Å². The standard InChI is InChI=1S/C11H10ClN3O/c1-2-16-9-3-8(4-13-5-9)11-10(12)6-14-7-15-11/h3-7H,2H2,1H3. The van der Waals surface area contributed by atoms with Gasteiger partial charge in [0.2, 0.25) is 0 Å². The largest absolute Gasteiger partial charge is 0.492 e. The van der Waals surface area contributed by atoms with Gasteiger partial charge in [-0.15, -0.1) is 0 Å². The van der Waals surface area contributed by atoms with Crippen LogP contribution in [0, 0.1) is 0 Å². The van der Waals surface area contributed by atoms with Crippen molar-refractivity contribution in [3.63, 3.8) is 0 Å². The maximum absolute atomic E-state index is 5.99. The van der Waals surface area contributed by atoms with Gasteiger partial charge in [-0.1, -0.05) is 11.6 Å². The Labute approximate surface area is 98.3 Å². The number of pyridine rings is 1. The van der Waals surface area contributed by atoms with Crippen LogP contribution in [0.5, 0.6) is 5.75 Å². The fraction of sp³-hybridized carbons (Fsp3) is 0.182. The second-order valence-corrected chi connectivity index (χ2v) is 3.47. The second-order valence-electron chi connectivity index (χ2n) is 3.06. The van der Waals surface area contributed by atoms with Gasteiger partial charge in [-0.2, -0.15) is 0 Å². The third-order valence-electron chi connectivity index (χ3n) is 1.97. The quantitative estimate of drug-likeness (QED) is 0.821. The van der Waals surface area contributed by atoms with Crippen molar-refractivity contribution in [2.45, 2.75) is 6.92 Å². The first kappa shape index (κ1) is 10.8. The molecule has 5 heteroatoms. The van der Waals surface area contributed by atoms with Gasteiger partial charge in [-0.25, -0.2) is 9.97 Å². The van der Waals surface area contributed by atoms with Crippen LogP contribution in [0.25, 0.3) is 11.3 Å². The molecule has 16 heavy (non-hydrogen) atoms. The minimum absolute atomic E-state index is 0.498. The maximum atomic E-state index is 5.99. The molecule has 0 radical (unpaired) electrons. The summed E-state index contributed by atoms with van der Waals surface area (Å²) < 4.78 is 5.36. The van der Waals surface area contributed by atoms with Crippen molar-refractivity contribution in [1.29, 1.82) is 0 Å². The first-order chi connectivity index (χ1) is 7.81. The van der Waals surface area contributed by atoms with Crippen molar-refractivity contribution in [3.8, 4) is 17.0 Å². The van der Waals surface area contributed by atoms with E-state index in [4.69, 9.17) is 16.3 Å². The van der Waals surface area contributed by atoms with E-state index >= 15 is 0 Å². The molecule has 0 amide bonds. The van der Waals surface area contributed by atoms with E-state index in [1.54, 1.807) is 18.6 Å². The molecule has 2 aromatic rings. The lowest BCUT2D eigenvalue weighted by Crippen LogP contribution is -1.93. The first-order valence-corrected chi connectivity index (χ1v) is 5.22. The fourth-order valence-corrected chi connectivity index (χ4v) is 1.53. The van der Waals surface area contributed by atoms with Crippen LogP contribution >= 0.6 is 11.6 Å². The van der Waals surface area contributed by atoms with Gasteiger partial charge >= 0.3 is 0 Å². The number of ether oxygens (including phenoxy) is 1. The Kier molecular flexibility index (Phi) is 3.31. The van der Waals surface area contributed by atoms with Crippen molar-refractivity contribution in [2.24, 2.45) is 0 Å². The molecule has 0 aromatic carbocycles. The van der Waals surface area contributed by atoms with Crippen molar-refractivity contribution in [2.75, 3.05) is 6.61 Å². The summed E-state index contributed by atoms with van der Waals surface area (Å²) in [6.45, 7) is 2.52. The van der Waals surface area contributed by atoms with Crippen molar-refractivity contribution < 1.29 is 4.74 Å². The van der Waals surface area contributed by atoms with Crippen LogP contribution in [-0.4, -0.2) is 21.6 Å². The molecule has 0 saturated heterocycles. The van der Waals surface area contributed by atoms with Crippen LogP contribution in [0.4, 0.5) is 0 Å². The van der Waals surface area contributed by atoms with Gasteiger partial charge in [0, 0.05) is 18.0 Å². The number of aromatic nitrogens is 3. The van der Waals surface area contributed by atoms with Crippen molar-refractivity contribution in [1.82, 2.24) is 15.0 Å². The fourth-order valence-electron chi connectivity index (χ4n) is 1.32. The number of halogens is 1. The van der Waals surface area contributed by atoms with Gasteiger partial charge in [-0.05, 0) is 13.0 Å². The summed E-state index contributed by atoms with van der Waals surface area (Å²) in [5, 5.41) is 0.498. The molecule has 82 valence electrons. The molecule has 2 heterocycles. The Morgan fingerprint density at radius 1 is 1.25 bits per heavy atom. The lowest BCUT2D eigenvalue weighted by Gasteiger charge is -2.05. The van der Waals surface area contributed by atoms with Crippen LogP contribution in [0.1, 0.15) is 6.92 Å². The molecule has 0 unspecified atom stereocenters. The van der Waals surface area contributed by atoms with E-state index < -0.39 is 0 Å². The van der Waals surface area contributed by atoms with Gasteiger partial charge in [-0.3, -0.25) is 4.98 Å². The number of nitrogens with zero attached hydrogens (tertiary/aromatic N) is 3. The molecular weight excluding hydrogens is 226 g/mol. The molecule has 4 nitrogen and oxygen atoms in total. The second kappa shape index (κ2) is 4.90. The molecule has 0 atom stereocenters. The summed E-state index contributed by atoms with van der Waals surface area (Å²) >= 11 is 5.99. The highest BCUT2D eigenvalue weighted by molar-refractivity contribution is 6.32. The number of rotatable bonds is 3. The summed E-state index contributed by atoms with van der Waals surface area (Å²) in [6, 6.07) is 1.85. The Bertz CT molecular complexity index is 490. The zero-order valence-electron chi connectivity index (χ0n) is 8.72. The molecular formula is C11H10ClN3O. The van der Waals surface area contributed by atoms with Crippen LogP contribution in [0.15, 0.2) is 31.0 Å². The molecule has 0 saturated carbocycles. The smallest absolute Gasteiger partial charge is 0.138 e. The van der Waals surface area contributed by atoms with Gasteiger partial charge in [0.15, 0.2) is 0 Å². The molecule has 0 fully saturated rings. The normalized spacial score (nSPS) is 10.1. The number of hydrogen-bond donors (Lipinski definition) is 0. The summed E-state index contributed by atoms with van der Waals surface area (Å²) in [5.41, 5.74) is 1.48. The summed E-state index contributed by atoms with van der Waals surface area (Å²) in [7, 11) is 0. The lowest BCUT2D eigenvalue weighted by atomic mass is 10.2. The molecule has 0 aliphatic heterocycles. The average Bonchev–Trinajstić information content (AvgIpc) is 2.30. The van der Waals surface area contributed by atoms with Crippen LogP contribution in [0.3, 0.4) is 0 Å². The van der Waals surface area contributed by atoms with E-state index in [2.05, 4.69) is 15.0 Å². The van der Waals surface area contributed by atoms with E-state index in [1.807, 2.05) is 13.0 Å². The highest BCUT2D eigenvalue weighted by Crippen LogP contribution is 2.26. The van der Waals surface area contributed by atoms with Gasteiger partial charge < -0.3 is 4.74 Å². The van der Waals surface area contributed by atoms with Crippen LogP contribution in [-0.2, 0) is 0 Å². The van der Waals surface area contributed by atoms with E-state index in [-0.39, 0.29) is 0 Å². The van der Waals surface area contributed by atoms with Gasteiger partial charge in [0.05, 0.1) is 23.5 Å². The predicted molar refractivity (Wildman–Crippen MR) is 61.4 cm³/mol. The van der Waals surface area contributed by atoms with E-state index in [0.29, 0.717) is 23.1 Å². The van der Waals surface area contributed by atoms with Crippen molar-refractivity contribution in [3.05, 3.63) is 36.0 Å². The zero-order valence-corrected chi connectivity index (χ0v) is 9.48. The van der Waals surface area contributed by atoms with Gasteiger partial charge in [0.25, 0.3) is 0 Å². The Morgan fingerprint density at radius 3 is 2.88 bits per heavy atom. The molecule has 0 N–H and O–H groups in total. The monoisotopic (exact) mass is 235 g/mol. The summed E-state index contributed by atoms with van der Waals surface area (Å²) in [5.74, 6) is 0.703. The highest BCUT2D eigenvalue weighted by Gasteiger charge is 2.06. The Hall–Kier alpha value is -1.68. The van der Waals surface area contributed by atoms with Crippen LogP contribution in [0.2, 0.25) is 5.02 Å². The third kappa shape index (κ3) is 2.28. The summed E-state index contributed by atoms with van der Waals surface area (Å²) in [6.07, 6.45) is 6.35. The molecule has 2 rings (SSSR count). The number of hydrogen-bond acceptors (Lipinski definition) is 4. The van der Waals surface area contributed by atoms with E-state index in [9.17, 15) is 0 Å². The predicted octanol–water partition coefficient (Wildman–Crippen LogP) is 2.59.